The molecule has 0 fully saturated rings. The molecule has 0 N–H and O–H groups in total. The van der Waals surface area contributed by atoms with Crippen LogP contribution in [-0.4, -0.2) is 15.5 Å². The molecular weight excluding hydrogens is 258 g/mol. The van der Waals surface area contributed by atoms with Crippen molar-refractivity contribution in [2.24, 2.45) is 0 Å². The minimum atomic E-state index is 0.400. The Morgan fingerprint density at radius 3 is 2.88 bits per heavy atom. The van der Waals surface area contributed by atoms with Crippen LogP contribution in [0.5, 0.6) is 0 Å². The Morgan fingerprint density at radius 2 is 2.19 bits per heavy atom. The summed E-state index contributed by atoms with van der Waals surface area (Å²) in [4.78, 5) is 0. The normalized spacial score (nSPS) is 9.94. The van der Waals surface area contributed by atoms with Crippen LogP contribution < -0.4 is 0 Å². The first kappa shape index (κ1) is 11.3. The third kappa shape index (κ3) is 2.50. The Balaban J connectivity index is 2.33. The maximum Gasteiger partial charge on any atom is 0.184 e. The molecular formula is C10H7N3S3. The first-order chi connectivity index (χ1) is 7.81. The van der Waals surface area contributed by atoms with Gasteiger partial charge < -0.3 is 0 Å². The van der Waals surface area contributed by atoms with E-state index >= 15 is 0 Å². The zero-order valence-electron chi connectivity index (χ0n) is 8.16. The van der Waals surface area contributed by atoms with Crippen molar-refractivity contribution in [1.82, 2.24) is 9.78 Å². The lowest BCUT2D eigenvalue weighted by Gasteiger charge is -1.98. The smallest absolute Gasteiger partial charge is 0.184 e. The number of thioether (sulfide) groups is 1. The minimum Gasteiger partial charge on any atom is -0.211 e. The average molecular weight is 265 g/mol. The van der Waals surface area contributed by atoms with Crippen molar-refractivity contribution in [2.75, 3.05) is 5.75 Å². The van der Waals surface area contributed by atoms with E-state index in [2.05, 4.69) is 11.2 Å². The molecule has 0 atom stereocenters. The van der Waals surface area contributed by atoms with E-state index in [9.17, 15) is 0 Å². The second kappa shape index (κ2) is 5.25. The number of aromatic nitrogens is 2. The predicted molar refractivity (Wildman–Crippen MR) is 68.6 cm³/mol. The predicted octanol–water partition coefficient (Wildman–Crippen LogP) is 3.28. The second-order valence-electron chi connectivity index (χ2n) is 2.83. The molecule has 0 saturated heterocycles. The van der Waals surface area contributed by atoms with Crippen molar-refractivity contribution in [2.45, 2.75) is 4.34 Å². The van der Waals surface area contributed by atoms with Gasteiger partial charge in [-0.15, -0.1) is 5.10 Å². The molecule has 1 aromatic heterocycles. The molecule has 2 aromatic rings. The lowest BCUT2D eigenvalue weighted by atomic mass is 10.3. The lowest BCUT2D eigenvalue weighted by molar-refractivity contribution is 0.830. The summed E-state index contributed by atoms with van der Waals surface area (Å²) >= 11 is 8.06. The van der Waals surface area contributed by atoms with Crippen LogP contribution in [0, 0.1) is 15.3 Å². The van der Waals surface area contributed by atoms with Crippen molar-refractivity contribution in [3.63, 3.8) is 0 Å². The summed E-state index contributed by atoms with van der Waals surface area (Å²) in [5, 5.41) is 12.9. The van der Waals surface area contributed by atoms with Crippen molar-refractivity contribution in [3.8, 4) is 11.8 Å². The summed E-state index contributed by atoms with van der Waals surface area (Å²) in [6.07, 6.45) is 0. The fourth-order valence-corrected chi connectivity index (χ4v) is 3.17. The lowest BCUT2D eigenvalue weighted by Crippen LogP contribution is -1.95. The van der Waals surface area contributed by atoms with Gasteiger partial charge in [-0.25, -0.2) is 4.68 Å². The first-order valence-electron chi connectivity index (χ1n) is 4.46. The van der Waals surface area contributed by atoms with E-state index in [1.807, 2.05) is 30.3 Å². The fourth-order valence-electron chi connectivity index (χ4n) is 1.15. The van der Waals surface area contributed by atoms with Gasteiger partial charge in [0, 0.05) is 0 Å². The van der Waals surface area contributed by atoms with E-state index in [0.717, 1.165) is 10.0 Å². The molecule has 0 amide bonds. The molecule has 1 heterocycles. The minimum absolute atomic E-state index is 0.400. The Labute approximate surface area is 106 Å². The Bertz CT molecular complexity index is 565. The molecule has 0 aliphatic heterocycles. The Hall–Kier alpha value is -1.16. The standard InChI is InChI=1S/C10H7N3S3/c11-6-7-15-9-12-13(10(14)16-9)8-4-2-1-3-5-8/h1-5H,7H2. The van der Waals surface area contributed by atoms with Gasteiger partial charge in [0.05, 0.1) is 17.5 Å². The maximum atomic E-state index is 8.49. The van der Waals surface area contributed by atoms with Gasteiger partial charge in [0.25, 0.3) is 0 Å². The van der Waals surface area contributed by atoms with Gasteiger partial charge in [0.1, 0.15) is 0 Å². The van der Waals surface area contributed by atoms with Gasteiger partial charge in [-0.3, -0.25) is 0 Å². The quantitative estimate of drug-likeness (QED) is 0.631. The van der Waals surface area contributed by atoms with Gasteiger partial charge in [0.2, 0.25) is 0 Å². The van der Waals surface area contributed by atoms with Crippen molar-refractivity contribution in [1.29, 1.82) is 5.26 Å². The molecule has 6 heteroatoms. The molecule has 80 valence electrons. The zero-order valence-corrected chi connectivity index (χ0v) is 10.6. The van der Waals surface area contributed by atoms with E-state index in [1.54, 1.807) is 4.68 Å². The molecule has 0 bridgehead atoms. The number of hydrogen-bond acceptors (Lipinski definition) is 5. The summed E-state index contributed by atoms with van der Waals surface area (Å²) in [6.45, 7) is 0. The van der Waals surface area contributed by atoms with Crippen LogP contribution in [0.3, 0.4) is 0 Å². The Kier molecular flexibility index (Phi) is 3.72. The molecule has 16 heavy (non-hydrogen) atoms. The molecule has 0 aliphatic rings. The summed E-state index contributed by atoms with van der Waals surface area (Å²) in [5.74, 6) is 0.400. The molecule has 0 radical (unpaired) electrons. The highest BCUT2D eigenvalue weighted by Crippen LogP contribution is 2.23. The van der Waals surface area contributed by atoms with Crippen molar-refractivity contribution >= 4 is 35.3 Å². The van der Waals surface area contributed by atoms with Crippen molar-refractivity contribution < 1.29 is 0 Å². The zero-order chi connectivity index (χ0) is 11.4. The third-order valence-corrected chi connectivity index (χ3v) is 4.02. The number of para-hydroxylation sites is 1. The number of benzene rings is 1. The monoisotopic (exact) mass is 265 g/mol. The SMILES string of the molecule is N#CCSc1nn(-c2ccccc2)c(=S)s1. The van der Waals surface area contributed by atoms with E-state index in [0.29, 0.717) is 9.71 Å². The molecule has 1 aromatic carbocycles. The summed E-state index contributed by atoms with van der Waals surface area (Å²) in [5.41, 5.74) is 0.951. The van der Waals surface area contributed by atoms with Crippen LogP contribution in [0.2, 0.25) is 0 Å². The van der Waals surface area contributed by atoms with Crippen LogP contribution in [0.1, 0.15) is 0 Å². The fraction of sp³-hybridized carbons (Fsp3) is 0.100. The van der Waals surface area contributed by atoms with Crippen molar-refractivity contribution in [3.05, 3.63) is 34.3 Å². The first-order valence-corrected chi connectivity index (χ1v) is 6.67. The number of nitriles is 1. The molecule has 0 spiro atoms. The van der Waals surface area contributed by atoms with E-state index < -0.39 is 0 Å². The topological polar surface area (TPSA) is 41.6 Å². The molecule has 3 nitrogen and oxygen atoms in total. The van der Waals surface area contributed by atoms with E-state index in [-0.39, 0.29) is 0 Å². The van der Waals surface area contributed by atoms with Gasteiger partial charge in [-0.1, -0.05) is 41.3 Å². The maximum absolute atomic E-state index is 8.49. The van der Waals surface area contributed by atoms with Crippen LogP contribution in [0.15, 0.2) is 34.7 Å². The average Bonchev–Trinajstić information content (AvgIpc) is 2.69. The summed E-state index contributed by atoms with van der Waals surface area (Å²) in [6, 6.07) is 11.8. The number of rotatable bonds is 3. The number of nitrogens with zero attached hydrogens (tertiary/aromatic N) is 3. The summed E-state index contributed by atoms with van der Waals surface area (Å²) in [7, 11) is 0. The van der Waals surface area contributed by atoms with Gasteiger partial charge in [-0.05, 0) is 24.4 Å². The second-order valence-corrected chi connectivity index (χ2v) is 5.67. The van der Waals surface area contributed by atoms with Gasteiger partial charge in [0.15, 0.2) is 8.29 Å². The molecule has 2 rings (SSSR count). The van der Waals surface area contributed by atoms with Crippen LogP contribution in [0.4, 0.5) is 0 Å². The Morgan fingerprint density at radius 1 is 1.44 bits per heavy atom. The largest absolute Gasteiger partial charge is 0.211 e. The highest BCUT2D eigenvalue weighted by atomic mass is 32.2. The van der Waals surface area contributed by atoms with Crippen LogP contribution >= 0.6 is 35.3 Å². The van der Waals surface area contributed by atoms with E-state index in [4.69, 9.17) is 17.5 Å². The highest BCUT2D eigenvalue weighted by molar-refractivity contribution is 8.01. The molecule has 0 aliphatic carbocycles. The molecule has 0 unspecified atom stereocenters. The van der Waals surface area contributed by atoms with E-state index in [1.165, 1.54) is 23.1 Å². The number of hydrogen-bond donors (Lipinski definition) is 0. The van der Waals surface area contributed by atoms with Gasteiger partial charge in [-0.2, -0.15) is 5.26 Å². The molecule has 0 saturated carbocycles. The van der Waals surface area contributed by atoms with Crippen LogP contribution in [-0.2, 0) is 0 Å². The third-order valence-electron chi connectivity index (χ3n) is 1.79. The summed E-state index contributed by atoms with van der Waals surface area (Å²) < 4.78 is 3.25. The highest BCUT2D eigenvalue weighted by Gasteiger charge is 2.05. The van der Waals surface area contributed by atoms with Crippen LogP contribution in [0.25, 0.3) is 5.69 Å². The van der Waals surface area contributed by atoms with Gasteiger partial charge >= 0.3 is 0 Å².